The second kappa shape index (κ2) is 5.86. The lowest BCUT2D eigenvalue weighted by Gasteiger charge is -2.28. The Morgan fingerprint density at radius 2 is 2.12 bits per heavy atom. The SMILES string of the molecule is CC(C)(C)OC(=O)N1CCc2nc(-c3ccc4c(c3)COC4=O)oc2C1. The molecule has 0 fully saturated rings. The molecule has 1 amide bonds. The van der Waals surface area contributed by atoms with Crippen LogP contribution in [-0.4, -0.2) is 34.1 Å². The average molecular weight is 356 g/mol. The van der Waals surface area contributed by atoms with Crippen molar-refractivity contribution in [1.82, 2.24) is 9.88 Å². The van der Waals surface area contributed by atoms with E-state index in [2.05, 4.69) is 4.98 Å². The summed E-state index contributed by atoms with van der Waals surface area (Å²) in [5, 5.41) is 0. The van der Waals surface area contributed by atoms with Gasteiger partial charge in [-0.1, -0.05) is 0 Å². The van der Waals surface area contributed by atoms with Crippen LogP contribution in [0.5, 0.6) is 0 Å². The maximum absolute atomic E-state index is 12.3. The van der Waals surface area contributed by atoms with Gasteiger partial charge in [0, 0.05) is 24.1 Å². The van der Waals surface area contributed by atoms with Gasteiger partial charge in [-0.3, -0.25) is 0 Å². The molecule has 0 bridgehead atoms. The molecule has 1 aromatic carbocycles. The first-order chi connectivity index (χ1) is 12.3. The highest BCUT2D eigenvalue weighted by Crippen LogP contribution is 2.30. The van der Waals surface area contributed by atoms with Crippen LogP contribution in [0.1, 0.15) is 48.1 Å². The number of ether oxygens (including phenoxy) is 2. The van der Waals surface area contributed by atoms with Gasteiger partial charge in [0.05, 0.1) is 17.8 Å². The van der Waals surface area contributed by atoms with Gasteiger partial charge >= 0.3 is 12.1 Å². The Bertz CT molecular complexity index is 894. The third-order valence-electron chi connectivity index (χ3n) is 4.31. The van der Waals surface area contributed by atoms with Crippen LogP contribution in [-0.2, 0) is 29.0 Å². The van der Waals surface area contributed by atoms with Crippen molar-refractivity contribution in [2.45, 2.75) is 45.9 Å². The molecule has 0 saturated carbocycles. The van der Waals surface area contributed by atoms with E-state index in [4.69, 9.17) is 13.9 Å². The summed E-state index contributed by atoms with van der Waals surface area (Å²) < 4.78 is 16.4. The van der Waals surface area contributed by atoms with E-state index >= 15 is 0 Å². The number of fused-ring (bicyclic) bond motifs is 2. The van der Waals surface area contributed by atoms with E-state index in [-0.39, 0.29) is 18.7 Å². The molecule has 0 saturated heterocycles. The van der Waals surface area contributed by atoms with Gasteiger partial charge < -0.3 is 18.8 Å². The summed E-state index contributed by atoms with van der Waals surface area (Å²) in [5.74, 6) is 0.861. The Morgan fingerprint density at radius 1 is 1.31 bits per heavy atom. The van der Waals surface area contributed by atoms with Crippen molar-refractivity contribution in [3.63, 3.8) is 0 Å². The molecule has 3 heterocycles. The van der Waals surface area contributed by atoms with Crippen LogP contribution in [0, 0.1) is 0 Å². The van der Waals surface area contributed by atoms with Crippen molar-refractivity contribution in [2.24, 2.45) is 0 Å². The molecule has 1 aromatic heterocycles. The standard InChI is InChI=1S/C19H20N2O5/c1-19(2,3)26-18(23)21-7-6-14-15(9-21)25-16(20-14)11-4-5-13-12(8-11)10-24-17(13)22/h4-5,8H,6-7,9-10H2,1-3H3. The highest BCUT2D eigenvalue weighted by molar-refractivity contribution is 5.93. The minimum Gasteiger partial charge on any atom is -0.457 e. The molecule has 0 spiro atoms. The summed E-state index contributed by atoms with van der Waals surface area (Å²) in [7, 11) is 0. The van der Waals surface area contributed by atoms with Gasteiger partial charge in [-0.2, -0.15) is 0 Å². The van der Waals surface area contributed by atoms with E-state index in [0.717, 1.165) is 16.8 Å². The number of nitrogens with zero attached hydrogens (tertiary/aromatic N) is 2. The first-order valence-corrected chi connectivity index (χ1v) is 8.57. The zero-order chi connectivity index (χ0) is 18.5. The summed E-state index contributed by atoms with van der Waals surface area (Å²) in [6.45, 7) is 6.68. The Morgan fingerprint density at radius 3 is 2.88 bits per heavy atom. The molecule has 26 heavy (non-hydrogen) atoms. The molecule has 0 radical (unpaired) electrons. The highest BCUT2D eigenvalue weighted by Gasteiger charge is 2.29. The smallest absolute Gasteiger partial charge is 0.410 e. The first kappa shape index (κ1) is 16.6. The zero-order valence-electron chi connectivity index (χ0n) is 15.0. The largest absolute Gasteiger partial charge is 0.457 e. The fourth-order valence-corrected chi connectivity index (χ4v) is 3.07. The van der Waals surface area contributed by atoms with E-state index in [9.17, 15) is 9.59 Å². The summed E-state index contributed by atoms with van der Waals surface area (Å²) in [6, 6.07) is 5.40. The van der Waals surface area contributed by atoms with Crippen LogP contribution >= 0.6 is 0 Å². The maximum Gasteiger partial charge on any atom is 0.410 e. The van der Waals surface area contributed by atoms with Crippen LogP contribution in [0.15, 0.2) is 22.6 Å². The maximum atomic E-state index is 12.3. The molecule has 2 aliphatic rings. The Hall–Kier alpha value is -2.83. The summed E-state index contributed by atoms with van der Waals surface area (Å²) in [6.07, 6.45) is 0.263. The number of hydrogen-bond donors (Lipinski definition) is 0. The quantitative estimate of drug-likeness (QED) is 0.729. The number of rotatable bonds is 1. The molecule has 136 valence electrons. The molecule has 0 aliphatic carbocycles. The molecular formula is C19H20N2O5. The van der Waals surface area contributed by atoms with Crippen molar-refractivity contribution in [3.05, 3.63) is 40.8 Å². The van der Waals surface area contributed by atoms with E-state index in [0.29, 0.717) is 36.7 Å². The van der Waals surface area contributed by atoms with Gasteiger partial charge in [0.2, 0.25) is 5.89 Å². The normalized spacial score (nSPS) is 16.1. The van der Waals surface area contributed by atoms with Crippen LogP contribution in [0.3, 0.4) is 0 Å². The number of amides is 1. The summed E-state index contributed by atoms with van der Waals surface area (Å²) >= 11 is 0. The average Bonchev–Trinajstić information content (AvgIpc) is 3.16. The van der Waals surface area contributed by atoms with Gasteiger partial charge in [0.25, 0.3) is 0 Å². The van der Waals surface area contributed by atoms with Gasteiger partial charge in [0.15, 0.2) is 0 Å². The summed E-state index contributed by atoms with van der Waals surface area (Å²) in [5.41, 5.74) is 2.53. The molecule has 0 atom stereocenters. The lowest BCUT2D eigenvalue weighted by Crippen LogP contribution is -2.39. The number of carbonyl (C=O) groups is 2. The number of esters is 1. The van der Waals surface area contributed by atoms with E-state index in [1.165, 1.54) is 0 Å². The highest BCUT2D eigenvalue weighted by atomic mass is 16.6. The van der Waals surface area contributed by atoms with Crippen LogP contribution in [0.4, 0.5) is 4.79 Å². The number of carbonyl (C=O) groups excluding carboxylic acids is 2. The van der Waals surface area contributed by atoms with Crippen molar-refractivity contribution in [3.8, 4) is 11.5 Å². The molecule has 0 unspecified atom stereocenters. The Labute approximate surface area is 150 Å². The minimum atomic E-state index is -0.534. The fraction of sp³-hybridized carbons (Fsp3) is 0.421. The van der Waals surface area contributed by atoms with Crippen LogP contribution < -0.4 is 0 Å². The van der Waals surface area contributed by atoms with Crippen LogP contribution in [0.25, 0.3) is 11.5 Å². The fourth-order valence-electron chi connectivity index (χ4n) is 3.07. The third-order valence-corrected chi connectivity index (χ3v) is 4.31. The van der Waals surface area contributed by atoms with Crippen LogP contribution in [0.2, 0.25) is 0 Å². The van der Waals surface area contributed by atoms with Gasteiger partial charge in [-0.25, -0.2) is 14.6 Å². The number of hydrogen-bond acceptors (Lipinski definition) is 6. The van der Waals surface area contributed by atoms with Gasteiger partial charge in [-0.15, -0.1) is 0 Å². The van der Waals surface area contributed by atoms with E-state index < -0.39 is 5.60 Å². The molecule has 2 aliphatic heterocycles. The predicted molar refractivity (Wildman–Crippen MR) is 91.4 cm³/mol. The second-order valence-corrected chi connectivity index (χ2v) is 7.49. The lowest BCUT2D eigenvalue weighted by atomic mass is 10.1. The number of aromatic nitrogens is 1. The van der Waals surface area contributed by atoms with E-state index in [1.54, 1.807) is 17.0 Å². The lowest BCUT2D eigenvalue weighted by molar-refractivity contribution is 0.0208. The van der Waals surface area contributed by atoms with Gasteiger partial charge in [0.1, 0.15) is 18.0 Å². The van der Waals surface area contributed by atoms with Gasteiger partial charge in [-0.05, 0) is 39.0 Å². The second-order valence-electron chi connectivity index (χ2n) is 7.49. The van der Waals surface area contributed by atoms with Crippen molar-refractivity contribution in [2.75, 3.05) is 6.54 Å². The number of oxazole rings is 1. The monoisotopic (exact) mass is 356 g/mol. The molecular weight excluding hydrogens is 336 g/mol. The van der Waals surface area contributed by atoms with Crippen molar-refractivity contribution < 1.29 is 23.5 Å². The molecule has 7 nitrogen and oxygen atoms in total. The Balaban J connectivity index is 1.55. The molecule has 2 aromatic rings. The minimum absolute atomic E-state index is 0.273. The number of cyclic esters (lactones) is 1. The predicted octanol–water partition coefficient (Wildman–Crippen LogP) is 3.31. The first-order valence-electron chi connectivity index (χ1n) is 8.57. The summed E-state index contributed by atoms with van der Waals surface area (Å²) in [4.78, 5) is 30.0. The molecule has 4 rings (SSSR count). The molecule has 0 N–H and O–H groups in total. The molecule has 7 heteroatoms. The topological polar surface area (TPSA) is 81.9 Å². The van der Waals surface area contributed by atoms with Crippen molar-refractivity contribution >= 4 is 12.1 Å². The van der Waals surface area contributed by atoms with Crippen molar-refractivity contribution in [1.29, 1.82) is 0 Å². The number of benzene rings is 1. The zero-order valence-corrected chi connectivity index (χ0v) is 15.0. The Kier molecular flexibility index (Phi) is 3.75. The third kappa shape index (κ3) is 3.05. The van der Waals surface area contributed by atoms with E-state index in [1.807, 2.05) is 26.8 Å².